The first kappa shape index (κ1) is 14.1. The molecule has 0 bridgehead atoms. The zero-order chi connectivity index (χ0) is 15.0. The van der Waals surface area contributed by atoms with Crippen molar-refractivity contribution in [2.45, 2.75) is 19.4 Å². The molecule has 0 aromatic heterocycles. The summed E-state index contributed by atoms with van der Waals surface area (Å²) in [6.07, 6.45) is 0.800. The lowest BCUT2D eigenvalue weighted by Gasteiger charge is -2.33. The van der Waals surface area contributed by atoms with E-state index in [1.165, 1.54) is 0 Å². The summed E-state index contributed by atoms with van der Waals surface area (Å²) in [5.74, 6) is -0.0560. The molecule has 21 heavy (non-hydrogen) atoms. The molecule has 1 atom stereocenters. The first-order chi connectivity index (χ1) is 10.1. The molecule has 1 unspecified atom stereocenters. The fourth-order valence-electron chi connectivity index (χ4n) is 2.70. The van der Waals surface area contributed by atoms with E-state index in [0.29, 0.717) is 17.1 Å². The Balaban J connectivity index is 1.99. The van der Waals surface area contributed by atoms with Crippen molar-refractivity contribution in [3.05, 3.63) is 64.2 Å². The monoisotopic (exact) mass is 300 g/mol. The summed E-state index contributed by atoms with van der Waals surface area (Å²) in [6.45, 7) is 2.45. The minimum atomic E-state index is -0.0560. The highest BCUT2D eigenvalue weighted by Gasteiger charge is 2.27. The van der Waals surface area contributed by atoms with Crippen LogP contribution < -0.4 is 10.6 Å². The van der Waals surface area contributed by atoms with Crippen molar-refractivity contribution >= 4 is 23.2 Å². The number of fused-ring (bicyclic) bond motifs is 1. The molecular weight excluding hydrogens is 284 g/mol. The van der Waals surface area contributed by atoms with E-state index in [4.69, 9.17) is 17.3 Å². The fourth-order valence-corrected chi connectivity index (χ4v) is 2.88. The number of carbonyl (C=O) groups excluding carboxylic acids is 1. The molecule has 4 heteroatoms. The summed E-state index contributed by atoms with van der Waals surface area (Å²) >= 11 is 6.13. The number of amides is 1. The van der Waals surface area contributed by atoms with Crippen molar-refractivity contribution in [2.24, 2.45) is 5.73 Å². The molecular formula is C17H17ClN2O. The van der Waals surface area contributed by atoms with Gasteiger partial charge in [0.2, 0.25) is 0 Å². The molecule has 0 radical (unpaired) electrons. The molecule has 0 saturated heterocycles. The van der Waals surface area contributed by atoms with Gasteiger partial charge in [-0.2, -0.15) is 0 Å². The molecule has 0 fully saturated rings. The third-order valence-electron chi connectivity index (χ3n) is 3.85. The standard InChI is InChI=1S/C17H17ClN2O/c1-11-6-7-13(9-15(11)18)17(21)20-10-14(19)8-12-4-2-3-5-16(12)20/h2-7,9,14H,8,10,19H2,1H3. The number of aryl methyl sites for hydroxylation is 1. The molecule has 0 aliphatic carbocycles. The Bertz CT molecular complexity index is 699. The maximum Gasteiger partial charge on any atom is 0.258 e. The van der Waals surface area contributed by atoms with Gasteiger partial charge in [0, 0.05) is 28.9 Å². The second kappa shape index (κ2) is 5.51. The number of rotatable bonds is 1. The fraction of sp³-hybridized carbons (Fsp3) is 0.235. The normalized spacial score (nSPS) is 17.5. The van der Waals surface area contributed by atoms with Crippen LogP contribution in [0.3, 0.4) is 0 Å². The Morgan fingerprint density at radius 2 is 2.05 bits per heavy atom. The molecule has 1 aliphatic heterocycles. The van der Waals surface area contributed by atoms with E-state index in [0.717, 1.165) is 23.2 Å². The van der Waals surface area contributed by atoms with Gasteiger partial charge >= 0.3 is 0 Å². The quantitative estimate of drug-likeness (QED) is 0.879. The maximum absolute atomic E-state index is 12.8. The van der Waals surface area contributed by atoms with Gasteiger partial charge in [-0.1, -0.05) is 35.9 Å². The van der Waals surface area contributed by atoms with Crippen LogP contribution in [0.15, 0.2) is 42.5 Å². The third-order valence-corrected chi connectivity index (χ3v) is 4.25. The molecule has 108 valence electrons. The van der Waals surface area contributed by atoms with Crippen LogP contribution in [0.1, 0.15) is 21.5 Å². The molecule has 1 aliphatic rings. The smallest absolute Gasteiger partial charge is 0.258 e. The van der Waals surface area contributed by atoms with Gasteiger partial charge < -0.3 is 10.6 Å². The Morgan fingerprint density at radius 3 is 2.81 bits per heavy atom. The summed E-state index contributed by atoms with van der Waals surface area (Å²) in [6, 6.07) is 13.3. The Hall–Kier alpha value is -1.84. The minimum Gasteiger partial charge on any atom is -0.326 e. The second-order valence-electron chi connectivity index (χ2n) is 5.47. The van der Waals surface area contributed by atoms with Crippen molar-refractivity contribution in [1.29, 1.82) is 0 Å². The van der Waals surface area contributed by atoms with Crippen molar-refractivity contribution in [1.82, 2.24) is 0 Å². The van der Waals surface area contributed by atoms with Crippen LogP contribution in [0.25, 0.3) is 0 Å². The zero-order valence-electron chi connectivity index (χ0n) is 11.8. The second-order valence-corrected chi connectivity index (χ2v) is 5.88. The number of anilines is 1. The topological polar surface area (TPSA) is 46.3 Å². The average molecular weight is 301 g/mol. The van der Waals surface area contributed by atoms with Crippen LogP contribution in [-0.4, -0.2) is 18.5 Å². The van der Waals surface area contributed by atoms with Crippen molar-refractivity contribution in [3.63, 3.8) is 0 Å². The lowest BCUT2D eigenvalue weighted by atomic mass is 9.97. The minimum absolute atomic E-state index is 0.0372. The first-order valence-corrected chi connectivity index (χ1v) is 7.35. The lowest BCUT2D eigenvalue weighted by Crippen LogP contribution is -2.46. The number of carbonyl (C=O) groups is 1. The van der Waals surface area contributed by atoms with Crippen LogP contribution >= 0.6 is 11.6 Å². The van der Waals surface area contributed by atoms with Gasteiger partial charge in [0.25, 0.3) is 5.91 Å². The molecule has 3 nitrogen and oxygen atoms in total. The molecule has 2 aromatic carbocycles. The van der Waals surface area contributed by atoms with E-state index in [1.54, 1.807) is 11.0 Å². The van der Waals surface area contributed by atoms with Gasteiger partial charge in [0.05, 0.1) is 0 Å². The van der Waals surface area contributed by atoms with Gasteiger partial charge in [-0.15, -0.1) is 0 Å². The number of nitrogens with two attached hydrogens (primary N) is 1. The predicted molar refractivity (Wildman–Crippen MR) is 86.0 cm³/mol. The maximum atomic E-state index is 12.8. The summed E-state index contributed by atoms with van der Waals surface area (Å²) in [5, 5.41) is 0.607. The number of benzene rings is 2. The van der Waals surface area contributed by atoms with E-state index < -0.39 is 0 Å². The zero-order valence-corrected chi connectivity index (χ0v) is 12.6. The molecule has 1 heterocycles. The third kappa shape index (κ3) is 2.67. The molecule has 0 spiro atoms. The Morgan fingerprint density at radius 1 is 1.29 bits per heavy atom. The van der Waals surface area contributed by atoms with Crippen LogP contribution in [0.2, 0.25) is 5.02 Å². The Kier molecular flexibility index (Phi) is 3.70. The average Bonchev–Trinajstić information content (AvgIpc) is 2.48. The summed E-state index contributed by atoms with van der Waals surface area (Å²) in [5.41, 5.74) is 9.70. The molecule has 2 aromatic rings. The van der Waals surface area contributed by atoms with Crippen molar-refractivity contribution in [3.8, 4) is 0 Å². The summed E-state index contributed by atoms with van der Waals surface area (Å²) in [7, 11) is 0. The number of hydrogen-bond acceptors (Lipinski definition) is 2. The molecule has 1 amide bonds. The first-order valence-electron chi connectivity index (χ1n) is 6.98. The van der Waals surface area contributed by atoms with Gasteiger partial charge in [-0.05, 0) is 42.7 Å². The van der Waals surface area contributed by atoms with E-state index >= 15 is 0 Å². The van der Waals surface area contributed by atoms with Gasteiger partial charge in [-0.3, -0.25) is 4.79 Å². The van der Waals surface area contributed by atoms with Crippen LogP contribution in [0.4, 0.5) is 5.69 Å². The lowest BCUT2D eigenvalue weighted by molar-refractivity contribution is 0.0983. The van der Waals surface area contributed by atoms with Crippen LogP contribution in [-0.2, 0) is 6.42 Å². The van der Waals surface area contributed by atoms with Gasteiger partial charge in [0.1, 0.15) is 0 Å². The van der Waals surface area contributed by atoms with Crippen molar-refractivity contribution < 1.29 is 4.79 Å². The summed E-state index contributed by atoms with van der Waals surface area (Å²) < 4.78 is 0. The highest BCUT2D eigenvalue weighted by molar-refractivity contribution is 6.31. The van der Waals surface area contributed by atoms with Crippen LogP contribution in [0, 0.1) is 6.92 Å². The predicted octanol–water partition coefficient (Wildman–Crippen LogP) is 3.18. The number of nitrogens with zero attached hydrogens (tertiary/aromatic N) is 1. The van der Waals surface area contributed by atoms with Gasteiger partial charge in [-0.25, -0.2) is 0 Å². The highest BCUT2D eigenvalue weighted by Crippen LogP contribution is 2.28. The van der Waals surface area contributed by atoms with E-state index in [1.807, 2.05) is 43.3 Å². The van der Waals surface area contributed by atoms with E-state index in [-0.39, 0.29) is 11.9 Å². The number of para-hydroxylation sites is 1. The number of halogens is 1. The Labute approximate surface area is 129 Å². The van der Waals surface area contributed by atoms with E-state index in [2.05, 4.69) is 0 Å². The SMILES string of the molecule is Cc1ccc(C(=O)N2CC(N)Cc3ccccc32)cc1Cl. The van der Waals surface area contributed by atoms with Crippen LogP contribution in [0.5, 0.6) is 0 Å². The largest absolute Gasteiger partial charge is 0.326 e. The molecule has 3 rings (SSSR count). The molecule has 0 saturated carbocycles. The van der Waals surface area contributed by atoms with Gasteiger partial charge in [0.15, 0.2) is 0 Å². The molecule has 2 N–H and O–H groups in total. The van der Waals surface area contributed by atoms with E-state index in [9.17, 15) is 4.79 Å². The number of hydrogen-bond donors (Lipinski definition) is 1. The van der Waals surface area contributed by atoms with Crippen molar-refractivity contribution in [2.75, 3.05) is 11.4 Å². The highest BCUT2D eigenvalue weighted by atomic mass is 35.5. The summed E-state index contributed by atoms with van der Waals surface area (Å²) in [4.78, 5) is 14.5.